The van der Waals surface area contributed by atoms with Crippen LogP contribution in [0.4, 0.5) is 20.2 Å². The van der Waals surface area contributed by atoms with Gasteiger partial charge >= 0.3 is 5.97 Å². The molecule has 334 valence electrons. The maximum Gasteiger partial charge on any atom is 0.328 e. The van der Waals surface area contributed by atoms with Crippen LogP contribution in [-0.4, -0.2) is 101 Å². The lowest BCUT2D eigenvalue weighted by Crippen LogP contribution is -2.49. The number of anilines is 2. The van der Waals surface area contributed by atoms with Crippen molar-refractivity contribution in [2.24, 2.45) is 24.0 Å². The van der Waals surface area contributed by atoms with Gasteiger partial charge < -0.3 is 29.3 Å². The number of hydrogen-bond acceptors (Lipinski definition) is 11. The number of aromatic nitrogens is 3. The lowest BCUT2D eigenvalue weighted by molar-refractivity contribution is -0.486. The van der Waals surface area contributed by atoms with E-state index in [-0.39, 0.29) is 37.5 Å². The van der Waals surface area contributed by atoms with Crippen molar-refractivity contribution < 1.29 is 42.4 Å². The van der Waals surface area contributed by atoms with Crippen LogP contribution in [0, 0.1) is 35.8 Å². The number of para-hydroxylation sites is 2. The maximum atomic E-state index is 13.0. The zero-order chi connectivity index (χ0) is 45.2. The molecule has 0 bridgehead atoms. The molecule has 2 saturated carbocycles. The summed E-state index contributed by atoms with van der Waals surface area (Å²) in [6.07, 6.45) is 3.97. The van der Waals surface area contributed by atoms with E-state index in [1.165, 1.54) is 61.2 Å². The summed E-state index contributed by atoms with van der Waals surface area (Å²) in [5.41, 5.74) is 3.86. The number of methoxy groups -OCH3 is 2. The van der Waals surface area contributed by atoms with Crippen molar-refractivity contribution in [3.63, 3.8) is 0 Å². The van der Waals surface area contributed by atoms with Crippen molar-refractivity contribution in [2.45, 2.75) is 65.0 Å². The molecule has 2 unspecified atom stereocenters. The minimum absolute atomic E-state index is 0.0724. The Morgan fingerprint density at radius 3 is 2.40 bits per heavy atom. The van der Waals surface area contributed by atoms with Gasteiger partial charge in [0.05, 0.1) is 24.9 Å². The number of nitrogens with zero attached hydrogens (tertiary/aromatic N) is 8. The van der Waals surface area contributed by atoms with Crippen LogP contribution in [0.3, 0.4) is 0 Å². The Hall–Kier alpha value is -5.57. The second kappa shape index (κ2) is 21.5. The van der Waals surface area contributed by atoms with Crippen LogP contribution in [-0.2, 0) is 37.4 Å². The van der Waals surface area contributed by atoms with E-state index >= 15 is 0 Å². The second-order valence-corrected chi connectivity index (χ2v) is 16.7. The van der Waals surface area contributed by atoms with Gasteiger partial charge in [-0.05, 0) is 80.5 Å². The van der Waals surface area contributed by atoms with Gasteiger partial charge in [-0.3, -0.25) is 19.2 Å². The van der Waals surface area contributed by atoms with Gasteiger partial charge in [-0.2, -0.15) is 5.10 Å². The van der Waals surface area contributed by atoms with E-state index in [2.05, 4.69) is 20.5 Å². The predicted molar refractivity (Wildman–Crippen MR) is 229 cm³/mol. The van der Waals surface area contributed by atoms with Crippen molar-refractivity contribution in [1.82, 2.24) is 24.6 Å². The molecular formula is C41H50ClF2N9O8S. The average Bonchev–Trinajstić information content (AvgIpc) is 4.15. The van der Waals surface area contributed by atoms with Crippen LogP contribution >= 0.6 is 22.9 Å². The molecule has 2 aromatic carbocycles. The molecule has 1 aliphatic heterocycles. The molecule has 3 fully saturated rings. The van der Waals surface area contributed by atoms with Crippen molar-refractivity contribution in [3.8, 4) is 0 Å². The van der Waals surface area contributed by atoms with Crippen LogP contribution in [0.2, 0.25) is 4.47 Å². The molecule has 3 aliphatic rings. The smallest absolute Gasteiger partial charge is 0.328 e. The number of nitrogens with one attached hydrogen (secondary N) is 1. The number of carbonyl (C=O) groups is 3. The van der Waals surface area contributed by atoms with E-state index in [1.54, 1.807) is 30.0 Å². The number of rotatable bonds is 13. The van der Waals surface area contributed by atoms with Crippen molar-refractivity contribution in [3.05, 3.63) is 102 Å². The van der Waals surface area contributed by atoms with Gasteiger partial charge in [0.2, 0.25) is 0 Å². The standard InChI is InChI=1S/C18H19F2N3O.C15H21NO4.C8H10ClN5O3S/c1-23-9-14(16(22-23)17(19)20)18(24)21-15-5-3-2-4-11(15)13-8-12(13)10-6-7-10;1-10-7-6-8-11(2)14(10)16(13(17)9-19-4)12(3)15(18)20-5;1-12-4-17-5-13(8(12)11-14(15)16)3-6-2-10-7(9)18-6/h2-5,9-10,12-13,17H,6-8H2,1H3,(H,21,24);6-8,12H,9H2,1-5H3;2H,3-5H2,1H3/b;;11-8-/t;12-;/m.1./s1. The number of carbonyl (C=O) groups excluding carboxylic acids is 3. The number of amides is 2. The van der Waals surface area contributed by atoms with Crippen LogP contribution in [0.25, 0.3) is 0 Å². The summed E-state index contributed by atoms with van der Waals surface area (Å²) in [4.78, 5) is 56.5. The third-order valence-electron chi connectivity index (χ3n) is 10.3. The summed E-state index contributed by atoms with van der Waals surface area (Å²) >= 11 is 7.05. The molecule has 21 heteroatoms. The van der Waals surface area contributed by atoms with Crippen LogP contribution in [0.1, 0.15) is 76.1 Å². The predicted octanol–water partition coefficient (Wildman–Crippen LogP) is 6.99. The highest BCUT2D eigenvalue weighted by Gasteiger charge is 2.48. The summed E-state index contributed by atoms with van der Waals surface area (Å²) in [6, 6.07) is 12.7. The fraction of sp³-hybridized carbons (Fsp3) is 0.463. The number of benzene rings is 2. The molecule has 0 radical (unpaired) electrons. The summed E-state index contributed by atoms with van der Waals surface area (Å²) in [5, 5.41) is 19.7. The molecule has 2 aromatic heterocycles. The van der Waals surface area contributed by atoms with Crippen LogP contribution in [0.15, 0.2) is 60.0 Å². The minimum atomic E-state index is -2.77. The number of guanidine groups is 1. The van der Waals surface area contributed by atoms with Gasteiger partial charge in [-0.25, -0.2) is 28.7 Å². The Labute approximate surface area is 366 Å². The zero-order valence-electron chi connectivity index (χ0n) is 35.4. The monoisotopic (exact) mass is 901 g/mol. The summed E-state index contributed by atoms with van der Waals surface area (Å²) in [6.45, 7) is 6.29. The lowest BCUT2D eigenvalue weighted by atomic mass is 10.0. The van der Waals surface area contributed by atoms with E-state index in [0.717, 1.165) is 51.2 Å². The number of aryl methyl sites for hydroxylation is 3. The summed E-state index contributed by atoms with van der Waals surface area (Å²) in [7, 11) is 5.96. The highest BCUT2D eigenvalue weighted by Crippen LogP contribution is 2.60. The average molecular weight is 902 g/mol. The lowest BCUT2D eigenvalue weighted by Gasteiger charge is -2.34. The Morgan fingerprint density at radius 2 is 1.81 bits per heavy atom. The number of halogens is 3. The third-order valence-corrected chi connectivity index (χ3v) is 11.4. The van der Waals surface area contributed by atoms with Gasteiger partial charge in [0.1, 0.15) is 36.9 Å². The molecule has 3 atom stereocenters. The molecule has 2 aliphatic carbocycles. The molecule has 4 aromatic rings. The van der Waals surface area contributed by atoms with Crippen molar-refractivity contribution in [2.75, 3.05) is 51.6 Å². The van der Waals surface area contributed by atoms with Crippen molar-refractivity contribution in [1.29, 1.82) is 0 Å². The fourth-order valence-electron chi connectivity index (χ4n) is 7.29. The number of esters is 1. The number of nitro groups is 1. The topological polar surface area (TPSA) is 187 Å². The normalized spacial score (nSPS) is 18.0. The molecule has 3 heterocycles. The number of hydrazone groups is 1. The molecule has 0 spiro atoms. The van der Waals surface area contributed by atoms with E-state index < -0.39 is 35.1 Å². The quantitative estimate of drug-likeness (QED) is 0.0825. The van der Waals surface area contributed by atoms with E-state index in [9.17, 15) is 33.3 Å². The third kappa shape index (κ3) is 12.3. The SMILES string of the molecule is CN1COCN(Cc2cnc(Cl)s2)/C1=N\[N+](=O)[O-].COCC(=O)N(c1c(C)cccc1C)[C@H](C)C(=O)OC.Cn1cc(C(=O)Nc2ccccc2C2CC2C2CC2)c(C(F)F)n1. The van der Waals surface area contributed by atoms with Gasteiger partial charge in [0.15, 0.2) is 9.50 Å². The maximum absolute atomic E-state index is 13.0. The highest BCUT2D eigenvalue weighted by molar-refractivity contribution is 7.15. The number of thiazole rings is 1. The van der Waals surface area contributed by atoms with Crippen LogP contribution < -0.4 is 10.2 Å². The molecule has 1 saturated heterocycles. The molecule has 17 nitrogen and oxygen atoms in total. The first-order chi connectivity index (χ1) is 29.5. The van der Waals surface area contributed by atoms with E-state index in [4.69, 9.17) is 25.8 Å². The molecule has 1 N–H and O–H groups in total. The van der Waals surface area contributed by atoms with Gasteiger partial charge in [0, 0.05) is 44.2 Å². The van der Waals surface area contributed by atoms with E-state index in [1.807, 2.05) is 56.3 Å². The molecule has 7 rings (SSSR count). The minimum Gasteiger partial charge on any atom is -0.467 e. The summed E-state index contributed by atoms with van der Waals surface area (Å²) in [5.74, 6) is 1.03. The highest BCUT2D eigenvalue weighted by atomic mass is 35.5. The first-order valence-electron chi connectivity index (χ1n) is 19.6. The van der Waals surface area contributed by atoms with Gasteiger partial charge in [-0.1, -0.05) is 48.0 Å². The Balaban J connectivity index is 0.000000178. The Kier molecular flexibility index (Phi) is 16.5. The second-order valence-electron chi connectivity index (χ2n) is 15.0. The first-order valence-corrected chi connectivity index (χ1v) is 20.8. The van der Waals surface area contributed by atoms with Crippen molar-refractivity contribution >= 4 is 58.1 Å². The first kappa shape index (κ1) is 47.5. The number of hydrogen-bond donors (Lipinski definition) is 1. The number of ether oxygens (including phenoxy) is 3. The zero-order valence-corrected chi connectivity index (χ0v) is 37.0. The Bertz CT molecular complexity index is 2230. The van der Waals surface area contributed by atoms with E-state index in [0.29, 0.717) is 16.9 Å². The summed E-state index contributed by atoms with van der Waals surface area (Å²) < 4.78 is 42.7. The molecule has 2 amide bonds. The van der Waals surface area contributed by atoms with Crippen LogP contribution in [0.5, 0.6) is 0 Å². The van der Waals surface area contributed by atoms with Gasteiger partial charge in [0.25, 0.3) is 24.2 Å². The van der Waals surface area contributed by atoms with Gasteiger partial charge in [-0.15, -0.1) is 11.3 Å². The largest absolute Gasteiger partial charge is 0.467 e. The fourth-order valence-corrected chi connectivity index (χ4v) is 8.28. The molecule has 62 heavy (non-hydrogen) atoms. The Morgan fingerprint density at radius 1 is 1.11 bits per heavy atom. The number of alkyl halides is 2. The molecular weight excluding hydrogens is 852 g/mol.